The van der Waals surface area contributed by atoms with Gasteiger partial charge in [-0.1, -0.05) is 0 Å². The predicted octanol–water partition coefficient (Wildman–Crippen LogP) is 2.19. The Bertz CT molecular complexity index is 467. The van der Waals surface area contributed by atoms with Crippen LogP contribution in [0.3, 0.4) is 0 Å². The molecule has 0 fully saturated rings. The molecule has 0 bridgehead atoms. The highest BCUT2D eigenvalue weighted by Gasteiger charge is 2.03. The lowest BCUT2D eigenvalue weighted by Gasteiger charge is -2.00. The molecule has 0 aliphatic carbocycles. The van der Waals surface area contributed by atoms with Crippen molar-refractivity contribution in [2.75, 3.05) is 0 Å². The molecule has 0 aliphatic heterocycles. The van der Waals surface area contributed by atoms with Crippen LogP contribution in [0.1, 0.15) is 10.4 Å². The average Bonchev–Trinajstić information content (AvgIpc) is 2.19. The molecular formula is C10H6FNO. The summed E-state index contributed by atoms with van der Waals surface area (Å²) in [6.07, 6.45) is 3.66. The lowest BCUT2D eigenvalue weighted by molar-refractivity contribution is 0.112. The SMILES string of the molecule is O=Cc1ccc(F)c2cnccc12. The van der Waals surface area contributed by atoms with Crippen LogP contribution in [0.4, 0.5) is 4.39 Å². The van der Waals surface area contributed by atoms with Crippen LogP contribution in [-0.4, -0.2) is 11.3 Å². The number of fused-ring (bicyclic) bond motifs is 1. The van der Waals surface area contributed by atoms with Gasteiger partial charge in [0.2, 0.25) is 0 Å². The monoisotopic (exact) mass is 175 g/mol. The Morgan fingerprint density at radius 3 is 2.85 bits per heavy atom. The largest absolute Gasteiger partial charge is 0.298 e. The number of benzene rings is 1. The average molecular weight is 175 g/mol. The summed E-state index contributed by atoms with van der Waals surface area (Å²) in [6.45, 7) is 0. The zero-order valence-corrected chi connectivity index (χ0v) is 6.70. The molecule has 0 radical (unpaired) electrons. The van der Waals surface area contributed by atoms with Gasteiger partial charge in [-0.2, -0.15) is 0 Å². The Labute approximate surface area is 74.0 Å². The number of aldehydes is 1. The fraction of sp³-hybridized carbons (Fsp3) is 0. The molecule has 0 aliphatic rings. The number of aromatic nitrogens is 1. The molecule has 0 atom stereocenters. The minimum absolute atomic E-state index is 0.353. The molecule has 2 rings (SSSR count). The Hall–Kier alpha value is -1.77. The van der Waals surface area contributed by atoms with Crippen LogP contribution in [0.25, 0.3) is 10.8 Å². The van der Waals surface area contributed by atoms with Crippen molar-refractivity contribution in [3.8, 4) is 0 Å². The lowest BCUT2D eigenvalue weighted by Crippen LogP contribution is -1.87. The number of rotatable bonds is 1. The van der Waals surface area contributed by atoms with Crippen LogP contribution in [0.5, 0.6) is 0 Å². The maximum absolute atomic E-state index is 13.1. The summed E-state index contributed by atoms with van der Waals surface area (Å²) in [5, 5.41) is 0.983. The van der Waals surface area contributed by atoms with E-state index in [0.29, 0.717) is 22.6 Å². The Balaban J connectivity index is 2.92. The molecule has 0 N–H and O–H groups in total. The van der Waals surface area contributed by atoms with Gasteiger partial charge in [-0.3, -0.25) is 9.78 Å². The summed E-state index contributed by atoms with van der Waals surface area (Å²) in [5.74, 6) is -0.353. The maximum atomic E-state index is 13.1. The molecule has 2 nitrogen and oxygen atoms in total. The van der Waals surface area contributed by atoms with Crippen molar-refractivity contribution in [3.63, 3.8) is 0 Å². The van der Waals surface area contributed by atoms with Gasteiger partial charge in [0.15, 0.2) is 6.29 Å². The smallest absolute Gasteiger partial charge is 0.150 e. The van der Waals surface area contributed by atoms with Crippen LogP contribution < -0.4 is 0 Å². The highest BCUT2D eigenvalue weighted by atomic mass is 19.1. The zero-order chi connectivity index (χ0) is 9.26. The van der Waals surface area contributed by atoms with Crippen molar-refractivity contribution >= 4 is 17.1 Å². The molecule has 1 aromatic heterocycles. The molecule has 0 unspecified atom stereocenters. The summed E-state index contributed by atoms with van der Waals surface area (Å²) in [6, 6.07) is 4.36. The third-order valence-electron chi connectivity index (χ3n) is 1.93. The second-order valence-electron chi connectivity index (χ2n) is 2.68. The van der Waals surface area contributed by atoms with E-state index in [4.69, 9.17) is 0 Å². The normalized spacial score (nSPS) is 10.2. The predicted molar refractivity (Wildman–Crippen MR) is 47.1 cm³/mol. The van der Waals surface area contributed by atoms with Crippen molar-refractivity contribution in [1.82, 2.24) is 4.98 Å². The highest BCUT2D eigenvalue weighted by molar-refractivity contribution is 5.97. The molecule has 0 saturated heterocycles. The van der Waals surface area contributed by atoms with Gasteiger partial charge in [0, 0.05) is 23.3 Å². The molecule has 0 spiro atoms. The number of nitrogens with zero attached hydrogens (tertiary/aromatic N) is 1. The van der Waals surface area contributed by atoms with Gasteiger partial charge >= 0.3 is 0 Å². The van der Waals surface area contributed by atoms with Crippen molar-refractivity contribution in [2.45, 2.75) is 0 Å². The molecule has 13 heavy (non-hydrogen) atoms. The van der Waals surface area contributed by atoms with Gasteiger partial charge in [-0.15, -0.1) is 0 Å². The zero-order valence-electron chi connectivity index (χ0n) is 6.70. The van der Waals surface area contributed by atoms with Crippen LogP contribution in [0.15, 0.2) is 30.6 Å². The third kappa shape index (κ3) is 1.18. The van der Waals surface area contributed by atoms with Gasteiger partial charge in [0.05, 0.1) is 0 Å². The molecule has 2 aromatic rings. The number of carbonyl (C=O) groups excluding carboxylic acids is 1. The topological polar surface area (TPSA) is 30.0 Å². The van der Waals surface area contributed by atoms with E-state index < -0.39 is 0 Å². The fourth-order valence-corrected chi connectivity index (χ4v) is 1.28. The summed E-state index contributed by atoms with van der Waals surface area (Å²) in [5.41, 5.74) is 0.485. The van der Waals surface area contributed by atoms with Gasteiger partial charge in [0.25, 0.3) is 0 Å². The Kier molecular flexibility index (Phi) is 1.77. The van der Waals surface area contributed by atoms with E-state index in [-0.39, 0.29) is 5.82 Å². The van der Waals surface area contributed by atoms with Gasteiger partial charge in [-0.05, 0) is 23.6 Å². The third-order valence-corrected chi connectivity index (χ3v) is 1.93. The van der Waals surface area contributed by atoms with Gasteiger partial charge in [-0.25, -0.2) is 4.39 Å². The van der Waals surface area contributed by atoms with Gasteiger partial charge < -0.3 is 0 Å². The van der Waals surface area contributed by atoms with Crippen molar-refractivity contribution in [1.29, 1.82) is 0 Å². The van der Waals surface area contributed by atoms with Crippen molar-refractivity contribution in [2.24, 2.45) is 0 Å². The number of pyridine rings is 1. The van der Waals surface area contributed by atoms with E-state index in [9.17, 15) is 9.18 Å². The second-order valence-corrected chi connectivity index (χ2v) is 2.68. The van der Waals surface area contributed by atoms with E-state index in [1.807, 2.05) is 0 Å². The molecule has 0 amide bonds. The summed E-state index contributed by atoms with van der Waals surface area (Å²) in [4.78, 5) is 14.4. The first-order valence-corrected chi connectivity index (χ1v) is 3.80. The lowest BCUT2D eigenvalue weighted by atomic mass is 10.1. The molecule has 1 aromatic carbocycles. The van der Waals surface area contributed by atoms with E-state index in [1.54, 1.807) is 6.07 Å². The second kappa shape index (κ2) is 2.94. The fourth-order valence-electron chi connectivity index (χ4n) is 1.28. The van der Waals surface area contributed by atoms with E-state index in [1.165, 1.54) is 24.5 Å². The van der Waals surface area contributed by atoms with Crippen molar-refractivity contribution < 1.29 is 9.18 Å². The molecule has 3 heteroatoms. The first-order valence-electron chi connectivity index (χ1n) is 3.80. The van der Waals surface area contributed by atoms with E-state index in [0.717, 1.165) is 0 Å². The standard InChI is InChI=1S/C10H6FNO/c11-10-2-1-7(6-13)8-3-4-12-5-9(8)10/h1-6H. The van der Waals surface area contributed by atoms with Gasteiger partial charge in [0.1, 0.15) is 5.82 Å². The summed E-state index contributed by atoms with van der Waals surface area (Å²) >= 11 is 0. The van der Waals surface area contributed by atoms with Crippen LogP contribution in [-0.2, 0) is 0 Å². The quantitative estimate of drug-likeness (QED) is 0.622. The maximum Gasteiger partial charge on any atom is 0.150 e. The summed E-state index contributed by atoms with van der Waals surface area (Å²) in [7, 11) is 0. The molecule has 64 valence electrons. The molecular weight excluding hydrogens is 169 g/mol. The highest BCUT2D eigenvalue weighted by Crippen LogP contribution is 2.19. The summed E-state index contributed by atoms with van der Waals surface area (Å²) < 4.78 is 13.1. The first kappa shape index (κ1) is 7.86. The molecule has 1 heterocycles. The number of halogens is 1. The van der Waals surface area contributed by atoms with Crippen LogP contribution >= 0.6 is 0 Å². The van der Waals surface area contributed by atoms with Crippen LogP contribution in [0, 0.1) is 5.82 Å². The minimum Gasteiger partial charge on any atom is -0.298 e. The number of hydrogen-bond donors (Lipinski definition) is 0. The number of carbonyl (C=O) groups is 1. The minimum atomic E-state index is -0.353. The molecule has 0 saturated carbocycles. The van der Waals surface area contributed by atoms with E-state index in [2.05, 4.69) is 4.98 Å². The first-order chi connectivity index (χ1) is 6.33. The Morgan fingerprint density at radius 2 is 2.08 bits per heavy atom. The number of hydrogen-bond acceptors (Lipinski definition) is 2. The van der Waals surface area contributed by atoms with E-state index >= 15 is 0 Å². The Morgan fingerprint density at radius 1 is 1.23 bits per heavy atom. The van der Waals surface area contributed by atoms with Crippen LogP contribution in [0.2, 0.25) is 0 Å². The van der Waals surface area contributed by atoms with Crippen molar-refractivity contribution in [3.05, 3.63) is 42.0 Å².